The van der Waals surface area contributed by atoms with Gasteiger partial charge in [-0.2, -0.15) is 0 Å². The fraction of sp³-hybridized carbons (Fsp3) is 0.429. The van der Waals surface area contributed by atoms with E-state index in [9.17, 15) is 9.59 Å². The molecule has 0 aliphatic carbocycles. The Hall–Kier alpha value is -1.88. The monoisotopic (exact) mass is 262 g/mol. The second kappa shape index (κ2) is 5.84. The highest BCUT2D eigenvalue weighted by Gasteiger charge is 2.25. The van der Waals surface area contributed by atoms with Crippen molar-refractivity contribution in [1.82, 2.24) is 10.6 Å². The van der Waals surface area contributed by atoms with Crippen LogP contribution in [-0.4, -0.2) is 30.1 Å². The number of aliphatic carboxylic acids is 1. The SMILES string of the molecule is Cc1ccc2c(c1)CNCC2C(=O)NCCC(=O)O. The number of aryl methyl sites for hydroxylation is 1. The molecule has 1 unspecified atom stereocenters. The number of hydrogen-bond donors (Lipinski definition) is 3. The number of carboxylic acids is 1. The van der Waals surface area contributed by atoms with Crippen LogP contribution in [0.2, 0.25) is 0 Å². The molecule has 1 aliphatic heterocycles. The van der Waals surface area contributed by atoms with E-state index in [2.05, 4.69) is 16.7 Å². The highest BCUT2D eigenvalue weighted by atomic mass is 16.4. The van der Waals surface area contributed by atoms with Crippen molar-refractivity contribution in [2.75, 3.05) is 13.1 Å². The first kappa shape index (κ1) is 13.5. The lowest BCUT2D eigenvalue weighted by molar-refractivity contribution is -0.136. The molecule has 1 amide bonds. The van der Waals surface area contributed by atoms with Crippen molar-refractivity contribution in [1.29, 1.82) is 0 Å². The van der Waals surface area contributed by atoms with Gasteiger partial charge >= 0.3 is 5.97 Å². The molecule has 102 valence electrons. The second-order valence-corrected chi connectivity index (χ2v) is 4.82. The predicted octanol–water partition coefficient (Wildman–Crippen LogP) is 0.773. The molecule has 0 bridgehead atoms. The molecule has 0 radical (unpaired) electrons. The molecular weight excluding hydrogens is 244 g/mol. The molecule has 1 atom stereocenters. The molecule has 0 aromatic heterocycles. The third-order valence-corrected chi connectivity index (χ3v) is 3.29. The van der Waals surface area contributed by atoms with E-state index in [1.165, 1.54) is 5.56 Å². The summed E-state index contributed by atoms with van der Waals surface area (Å²) in [5, 5.41) is 14.5. The molecule has 0 fully saturated rings. The molecule has 5 nitrogen and oxygen atoms in total. The summed E-state index contributed by atoms with van der Waals surface area (Å²) in [6.45, 7) is 3.56. The standard InChI is InChI=1S/C14H18N2O3/c1-9-2-3-11-10(6-9)7-15-8-12(11)14(19)16-5-4-13(17)18/h2-3,6,12,15H,4-5,7-8H2,1H3,(H,16,19)(H,17,18). The zero-order chi connectivity index (χ0) is 13.8. The van der Waals surface area contributed by atoms with Gasteiger partial charge in [-0.25, -0.2) is 0 Å². The number of benzene rings is 1. The van der Waals surface area contributed by atoms with Crippen LogP contribution in [0.1, 0.15) is 29.0 Å². The van der Waals surface area contributed by atoms with E-state index in [0.717, 1.165) is 17.7 Å². The van der Waals surface area contributed by atoms with Gasteiger partial charge in [0.25, 0.3) is 0 Å². The van der Waals surface area contributed by atoms with Crippen molar-refractivity contribution < 1.29 is 14.7 Å². The van der Waals surface area contributed by atoms with Crippen LogP contribution in [0.15, 0.2) is 18.2 Å². The normalized spacial score (nSPS) is 17.6. The van der Waals surface area contributed by atoms with E-state index in [1.54, 1.807) is 0 Å². The summed E-state index contributed by atoms with van der Waals surface area (Å²) < 4.78 is 0. The summed E-state index contributed by atoms with van der Waals surface area (Å²) in [7, 11) is 0. The minimum Gasteiger partial charge on any atom is -0.481 e. The highest BCUT2D eigenvalue weighted by Crippen LogP contribution is 2.25. The lowest BCUT2D eigenvalue weighted by atomic mass is 9.89. The van der Waals surface area contributed by atoms with Gasteiger partial charge in [0.1, 0.15) is 0 Å². The minimum atomic E-state index is -0.905. The zero-order valence-corrected chi connectivity index (χ0v) is 10.9. The summed E-state index contributed by atoms with van der Waals surface area (Å²) in [5.41, 5.74) is 3.36. The smallest absolute Gasteiger partial charge is 0.305 e. The second-order valence-electron chi connectivity index (χ2n) is 4.82. The Kier molecular flexibility index (Phi) is 4.16. The first-order valence-corrected chi connectivity index (χ1v) is 6.37. The van der Waals surface area contributed by atoms with Gasteiger partial charge in [0.2, 0.25) is 5.91 Å². The molecule has 1 aromatic rings. The Morgan fingerprint density at radius 2 is 2.26 bits per heavy atom. The molecule has 0 saturated carbocycles. The van der Waals surface area contributed by atoms with Crippen LogP contribution >= 0.6 is 0 Å². The molecule has 0 spiro atoms. The van der Waals surface area contributed by atoms with Crippen LogP contribution in [-0.2, 0) is 16.1 Å². The molecule has 1 aliphatic rings. The quantitative estimate of drug-likeness (QED) is 0.749. The van der Waals surface area contributed by atoms with E-state index < -0.39 is 5.97 Å². The number of carbonyl (C=O) groups is 2. The average molecular weight is 262 g/mol. The van der Waals surface area contributed by atoms with Crippen LogP contribution in [0.4, 0.5) is 0 Å². The summed E-state index contributed by atoms with van der Waals surface area (Å²) in [6.07, 6.45) is -0.0490. The highest BCUT2D eigenvalue weighted by molar-refractivity contribution is 5.85. The largest absolute Gasteiger partial charge is 0.481 e. The molecule has 1 heterocycles. The van der Waals surface area contributed by atoms with Crippen LogP contribution in [0, 0.1) is 6.92 Å². The van der Waals surface area contributed by atoms with Crippen LogP contribution in [0.3, 0.4) is 0 Å². The summed E-state index contributed by atoms with van der Waals surface area (Å²) in [6, 6.07) is 6.08. The van der Waals surface area contributed by atoms with Crippen molar-refractivity contribution >= 4 is 11.9 Å². The molecule has 0 saturated heterocycles. The number of fused-ring (bicyclic) bond motifs is 1. The van der Waals surface area contributed by atoms with Gasteiger partial charge in [-0.05, 0) is 18.1 Å². The Morgan fingerprint density at radius 1 is 1.47 bits per heavy atom. The van der Waals surface area contributed by atoms with Gasteiger partial charge in [-0.15, -0.1) is 0 Å². The molecule has 5 heteroatoms. The third-order valence-electron chi connectivity index (χ3n) is 3.29. The average Bonchev–Trinajstić information content (AvgIpc) is 2.37. The van der Waals surface area contributed by atoms with Crippen LogP contribution in [0.5, 0.6) is 0 Å². The van der Waals surface area contributed by atoms with Gasteiger partial charge in [-0.1, -0.05) is 23.8 Å². The maximum Gasteiger partial charge on any atom is 0.305 e. The number of nitrogens with one attached hydrogen (secondary N) is 2. The Labute approximate surface area is 112 Å². The van der Waals surface area contributed by atoms with E-state index in [0.29, 0.717) is 6.54 Å². The first-order valence-electron chi connectivity index (χ1n) is 6.37. The number of amides is 1. The Balaban J connectivity index is 2.06. The van der Waals surface area contributed by atoms with Crippen molar-refractivity contribution in [2.24, 2.45) is 0 Å². The Morgan fingerprint density at radius 3 is 3.00 bits per heavy atom. The molecule has 3 N–H and O–H groups in total. The molecular formula is C14H18N2O3. The van der Waals surface area contributed by atoms with E-state index in [-0.39, 0.29) is 24.8 Å². The van der Waals surface area contributed by atoms with Crippen molar-refractivity contribution in [3.8, 4) is 0 Å². The maximum absolute atomic E-state index is 12.1. The third kappa shape index (κ3) is 3.32. The molecule has 19 heavy (non-hydrogen) atoms. The van der Waals surface area contributed by atoms with Crippen LogP contribution < -0.4 is 10.6 Å². The van der Waals surface area contributed by atoms with Gasteiger partial charge in [0.05, 0.1) is 12.3 Å². The van der Waals surface area contributed by atoms with E-state index >= 15 is 0 Å². The summed E-state index contributed by atoms with van der Waals surface area (Å²) >= 11 is 0. The lowest BCUT2D eigenvalue weighted by Crippen LogP contribution is -2.39. The number of rotatable bonds is 4. The van der Waals surface area contributed by atoms with E-state index in [4.69, 9.17) is 5.11 Å². The molecule has 2 rings (SSSR count). The topological polar surface area (TPSA) is 78.4 Å². The number of carbonyl (C=O) groups excluding carboxylic acids is 1. The van der Waals surface area contributed by atoms with Gasteiger partial charge in [0.15, 0.2) is 0 Å². The maximum atomic E-state index is 12.1. The van der Waals surface area contributed by atoms with Crippen molar-refractivity contribution in [2.45, 2.75) is 25.8 Å². The van der Waals surface area contributed by atoms with Crippen molar-refractivity contribution in [3.05, 3.63) is 34.9 Å². The first-order chi connectivity index (χ1) is 9.08. The Bertz CT molecular complexity index is 499. The number of hydrogen-bond acceptors (Lipinski definition) is 3. The number of carboxylic acid groups (broad SMARTS) is 1. The van der Waals surface area contributed by atoms with Crippen molar-refractivity contribution in [3.63, 3.8) is 0 Å². The van der Waals surface area contributed by atoms with E-state index in [1.807, 2.05) is 19.1 Å². The van der Waals surface area contributed by atoms with Gasteiger partial charge in [0, 0.05) is 19.6 Å². The molecule has 1 aromatic carbocycles. The predicted molar refractivity (Wildman–Crippen MR) is 70.9 cm³/mol. The van der Waals surface area contributed by atoms with Gasteiger partial charge in [-0.3, -0.25) is 9.59 Å². The minimum absolute atomic E-state index is 0.0490. The fourth-order valence-electron chi connectivity index (χ4n) is 2.34. The van der Waals surface area contributed by atoms with Crippen LogP contribution in [0.25, 0.3) is 0 Å². The van der Waals surface area contributed by atoms with Gasteiger partial charge < -0.3 is 15.7 Å². The lowest BCUT2D eigenvalue weighted by Gasteiger charge is -2.26. The zero-order valence-electron chi connectivity index (χ0n) is 10.9. The summed E-state index contributed by atoms with van der Waals surface area (Å²) in [4.78, 5) is 22.5. The summed E-state index contributed by atoms with van der Waals surface area (Å²) in [5.74, 6) is -1.25. The fourth-order valence-corrected chi connectivity index (χ4v) is 2.34.